The van der Waals surface area contributed by atoms with E-state index in [0.717, 1.165) is 5.56 Å². The van der Waals surface area contributed by atoms with Crippen LogP contribution in [0.2, 0.25) is 0 Å². The van der Waals surface area contributed by atoms with Gasteiger partial charge in [0.05, 0.1) is 18.5 Å². The second-order valence-corrected chi connectivity index (χ2v) is 4.16. The first kappa shape index (κ1) is 12.9. The molecule has 0 unspecified atom stereocenters. The van der Waals surface area contributed by atoms with Gasteiger partial charge in [-0.3, -0.25) is 4.79 Å². The van der Waals surface area contributed by atoms with Crippen LogP contribution in [-0.2, 0) is 16.1 Å². The molecule has 2 atom stereocenters. The molecule has 6 heteroatoms. The first-order valence-electron chi connectivity index (χ1n) is 5.85. The van der Waals surface area contributed by atoms with E-state index in [1.54, 1.807) is 0 Å². The molecule has 1 aliphatic rings. The van der Waals surface area contributed by atoms with E-state index in [4.69, 9.17) is 10.00 Å². The second-order valence-electron chi connectivity index (χ2n) is 4.16. The van der Waals surface area contributed by atoms with Gasteiger partial charge in [0.25, 0.3) is 0 Å². The Morgan fingerprint density at radius 1 is 1.42 bits per heavy atom. The molecule has 6 nitrogen and oxygen atoms in total. The number of rotatable bonds is 4. The first-order chi connectivity index (χ1) is 9.20. The molecule has 98 valence electrons. The summed E-state index contributed by atoms with van der Waals surface area (Å²) in [6.07, 6.45) is -0.498. The molecule has 1 aliphatic heterocycles. The Balaban J connectivity index is 1.78. The van der Waals surface area contributed by atoms with Crippen molar-refractivity contribution in [3.05, 3.63) is 35.9 Å². The zero-order chi connectivity index (χ0) is 13.7. The number of nitrogens with zero attached hydrogens (tertiary/aromatic N) is 1. The Hall–Kier alpha value is -2.55. The van der Waals surface area contributed by atoms with Crippen molar-refractivity contribution in [1.82, 2.24) is 10.6 Å². The van der Waals surface area contributed by atoms with Gasteiger partial charge in [0.2, 0.25) is 5.91 Å². The summed E-state index contributed by atoms with van der Waals surface area (Å²) in [5.41, 5.74) is 0.865. The van der Waals surface area contributed by atoms with E-state index < -0.39 is 12.1 Å². The molecule has 19 heavy (non-hydrogen) atoms. The van der Waals surface area contributed by atoms with Gasteiger partial charge in [-0.05, 0) is 5.56 Å². The fraction of sp³-hybridized carbons (Fsp3) is 0.308. The number of benzene rings is 1. The molecule has 1 heterocycles. The molecule has 0 aromatic heterocycles. The van der Waals surface area contributed by atoms with Crippen LogP contribution < -0.4 is 10.6 Å². The summed E-state index contributed by atoms with van der Waals surface area (Å²) in [4.78, 5) is 22.8. The predicted octanol–water partition coefficient (Wildman–Crippen LogP) is 0.693. The van der Waals surface area contributed by atoms with E-state index in [1.807, 2.05) is 36.4 Å². The molecule has 2 amide bonds. The maximum Gasteiger partial charge on any atom is 0.408 e. The highest BCUT2D eigenvalue weighted by Crippen LogP contribution is 2.10. The summed E-state index contributed by atoms with van der Waals surface area (Å²) in [5.74, 6) is -0.295. The molecule has 1 saturated heterocycles. The molecular weight excluding hydrogens is 246 g/mol. The SMILES string of the molecule is N#CC[C@@H]1NC(=O)[C@@H]1NC(=O)OCc1ccccc1. The number of amides is 2. The van der Waals surface area contributed by atoms with E-state index in [0.29, 0.717) is 0 Å². The minimum atomic E-state index is -0.678. The van der Waals surface area contributed by atoms with Crippen molar-refractivity contribution in [1.29, 1.82) is 5.26 Å². The third-order valence-electron chi connectivity index (χ3n) is 2.81. The van der Waals surface area contributed by atoms with Crippen LogP contribution in [0.4, 0.5) is 4.79 Å². The molecule has 1 aromatic carbocycles. The predicted molar refractivity (Wildman–Crippen MR) is 65.7 cm³/mol. The normalized spacial score (nSPS) is 20.7. The average Bonchev–Trinajstić information content (AvgIpc) is 2.43. The number of alkyl carbamates (subject to hydrolysis) is 1. The van der Waals surface area contributed by atoms with Crippen molar-refractivity contribution in [3.8, 4) is 6.07 Å². The van der Waals surface area contributed by atoms with E-state index in [2.05, 4.69) is 10.6 Å². The van der Waals surface area contributed by atoms with Crippen LogP contribution in [0.3, 0.4) is 0 Å². The van der Waals surface area contributed by atoms with Crippen LogP contribution in [0.1, 0.15) is 12.0 Å². The lowest BCUT2D eigenvalue weighted by Crippen LogP contribution is -2.68. The molecule has 1 aromatic rings. The number of nitrogens with one attached hydrogen (secondary N) is 2. The topological polar surface area (TPSA) is 91.2 Å². The van der Waals surface area contributed by atoms with E-state index in [1.165, 1.54) is 0 Å². The Bertz CT molecular complexity index is 510. The number of β-lactam (4-membered cyclic amide) rings is 1. The highest BCUT2D eigenvalue weighted by molar-refractivity contribution is 5.92. The second kappa shape index (κ2) is 5.87. The molecule has 0 saturated carbocycles. The number of carbonyl (C=O) groups excluding carboxylic acids is 2. The minimum absolute atomic E-state index is 0.143. The fourth-order valence-corrected chi connectivity index (χ4v) is 1.77. The number of ether oxygens (including phenoxy) is 1. The van der Waals surface area contributed by atoms with Gasteiger partial charge in [0.15, 0.2) is 0 Å². The Morgan fingerprint density at radius 3 is 2.79 bits per heavy atom. The van der Waals surface area contributed by atoms with Crippen molar-refractivity contribution in [3.63, 3.8) is 0 Å². The monoisotopic (exact) mass is 259 g/mol. The van der Waals surface area contributed by atoms with Gasteiger partial charge in [-0.2, -0.15) is 5.26 Å². The fourth-order valence-electron chi connectivity index (χ4n) is 1.77. The molecule has 1 fully saturated rings. The lowest BCUT2D eigenvalue weighted by Gasteiger charge is -2.35. The number of hydrogen-bond donors (Lipinski definition) is 2. The van der Waals surface area contributed by atoms with Crippen LogP contribution in [0.5, 0.6) is 0 Å². The highest BCUT2D eigenvalue weighted by atomic mass is 16.5. The van der Waals surface area contributed by atoms with Crippen molar-refractivity contribution in [2.75, 3.05) is 0 Å². The van der Waals surface area contributed by atoms with E-state index >= 15 is 0 Å². The largest absolute Gasteiger partial charge is 0.445 e. The number of carbonyl (C=O) groups is 2. The van der Waals surface area contributed by atoms with E-state index in [-0.39, 0.29) is 25.0 Å². The van der Waals surface area contributed by atoms with Crippen molar-refractivity contribution >= 4 is 12.0 Å². The quantitative estimate of drug-likeness (QED) is 0.778. The van der Waals surface area contributed by atoms with Crippen molar-refractivity contribution in [2.24, 2.45) is 0 Å². The van der Waals surface area contributed by atoms with Gasteiger partial charge in [-0.1, -0.05) is 30.3 Å². The summed E-state index contributed by atoms with van der Waals surface area (Å²) in [5, 5.41) is 13.5. The summed E-state index contributed by atoms with van der Waals surface area (Å²) >= 11 is 0. The summed E-state index contributed by atoms with van der Waals surface area (Å²) in [6.45, 7) is 0.143. The summed E-state index contributed by atoms with van der Waals surface area (Å²) in [7, 11) is 0. The van der Waals surface area contributed by atoms with Gasteiger partial charge in [0.1, 0.15) is 12.6 Å². The average molecular weight is 259 g/mol. The Kier molecular flexibility index (Phi) is 3.98. The highest BCUT2D eigenvalue weighted by Gasteiger charge is 2.40. The zero-order valence-electron chi connectivity index (χ0n) is 10.1. The lowest BCUT2D eigenvalue weighted by molar-refractivity contribution is -0.131. The maximum atomic E-state index is 11.5. The van der Waals surface area contributed by atoms with Gasteiger partial charge in [-0.15, -0.1) is 0 Å². The van der Waals surface area contributed by atoms with Crippen LogP contribution >= 0.6 is 0 Å². The van der Waals surface area contributed by atoms with E-state index in [9.17, 15) is 9.59 Å². The molecule has 0 spiro atoms. The van der Waals surface area contributed by atoms with Crippen molar-refractivity contribution in [2.45, 2.75) is 25.1 Å². The maximum absolute atomic E-state index is 11.5. The Morgan fingerprint density at radius 2 is 2.16 bits per heavy atom. The van der Waals surface area contributed by atoms with Gasteiger partial charge in [0, 0.05) is 0 Å². The molecule has 0 aliphatic carbocycles. The lowest BCUT2D eigenvalue weighted by atomic mass is 9.97. The molecule has 0 radical (unpaired) electrons. The zero-order valence-corrected chi connectivity index (χ0v) is 10.1. The van der Waals surface area contributed by atoms with Crippen LogP contribution in [0.15, 0.2) is 30.3 Å². The standard InChI is InChI=1S/C13H13N3O3/c14-7-6-10-11(12(17)15-10)16-13(18)19-8-9-4-2-1-3-5-9/h1-5,10-11H,6,8H2,(H,15,17)(H,16,18)/t10-,11+/m0/s1. The molecule has 2 rings (SSSR count). The smallest absolute Gasteiger partial charge is 0.408 e. The Labute approximate surface area is 110 Å². The van der Waals surface area contributed by atoms with Crippen LogP contribution in [-0.4, -0.2) is 24.1 Å². The molecule has 2 N–H and O–H groups in total. The van der Waals surface area contributed by atoms with Crippen molar-refractivity contribution < 1.29 is 14.3 Å². The summed E-state index contributed by atoms with van der Waals surface area (Å²) in [6, 6.07) is 10.2. The van der Waals surface area contributed by atoms with Crippen LogP contribution in [0.25, 0.3) is 0 Å². The third kappa shape index (κ3) is 3.22. The molecular formula is C13H13N3O3. The van der Waals surface area contributed by atoms with Gasteiger partial charge >= 0.3 is 6.09 Å². The first-order valence-corrected chi connectivity index (χ1v) is 5.85. The number of hydrogen-bond acceptors (Lipinski definition) is 4. The van der Waals surface area contributed by atoms with Gasteiger partial charge < -0.3 is 15.4 Å². The minimum Gasteiger partial charge on any atom is -0.445 e. The number of nitriles is 1. The van der Waals surface area contributed by atoms with Gasteiger partial charge in [-0.25, -0.2) is 4.79 Å². The summed E-state index contributed by atoms with van der Waals surface area (Å²) < 4.78 is 5.00. The van der Waals surface area contributed by atoms with Crippen LogP contribution in [0, 0.1) is 11.3 Å². The third-order valence-corrected chi connectivity index (χ3v) is 2.81. The molecule has 0 bridgehead atoms.